The van der Waals surface area contributed by atoms with Gasteiger partial charge in [0.2, 0.25) is 11.8 Å². The van der Waals surface area contributed by atoms with Gasteiger partial charge in [-0.2, -0.15) is 0 Å². The summed E-state index contributed by atoms with van der Waals surface area (Å²) in [5, 5.41) is 14.3. The molecule has 118 valence electrons. The number of amides is 2. The third-order valence-electron chi connectivity index (χ3n) is 3.22. The molecule has 1 atom stereocenters. The van der Waals surface area contributed by atoms with Crippen molar-refractivity contribution < 1.29 is 19.4 Å². The van der Waals surface area contributed by atoms with E-state index in [2.05, 4.69) is 10.6 Å². The van der Waals surface area contributed by atoms with Crippen molar-refractivity contribution in [3.63, 3.8) is 0 Å². The van der Waals surface area contributed by atoms with Crippen molar-refractivity contribution in [3.8, 4) is 0 Å². The van der Waals surface area contributed by atoms with Crippen LogP contribution in [0, 0.1) is 0 Å². The van der Waals surface area contributed by atoms with Gasteiger partial charge in [-0.3, -0.25) is 9.59 Å². The summed E-state index contributed by atoms with van der Waals surface area (Å²) in [6.07, 6.45) is 1.78. The quantitative estimate of drug-likeness (QED) is 0.485. The molecule has 0 saturated carbocycles. The van der Waals surface area contributed by atoms with Crippen LogP contribution in [0.25, 0.3) is 0 Å². The average Bonchev–Trinajstić information content (AvgIpc) is 2.42. The first-order valence-corrected chi connectivity index (χ1v) is 7.25. The molecule has 0 bridgehead atoms. The van der Waals surface area contributed by atoms with Gasteiger partial charge in [-0.15, -0.1) is 0 Å². The molecule has 0 spiro atoms. The number of hydrogen-bond donors (Lipinski definition) is 3. The second kappa shape index (κ2) is 10.6. The fourth-order valence-electron chi connectivity index (χ4n) is 1.68. The highest BCUT2D eigenvalue weighted by molar-refractivity contribution is 5.83. The van der Waals surface area contributed by atoms with Gasteiger partial charge in [-0.1, -0.05) is 6.92 Å². The predicted octanol–water partition coefficient (Wildman–Crippen LogP) is 0.587. The average molecular weight is 288 g/mol. The Bertz CT molecular complexity index is 297. The minimum atomic E-state index is -0.347. The molecule has 0 aliphatic heterocycles. The summed E-state index contributed by atoms with van der Waals surface area (Å²) in [5.74, 6) is -0.263. The zero-order valence-corrected chi connectivity index (χ0v) is 12.8. The summed E-state index contributed by atoms with van der Waals surface area (Å²) in [6.45, 7) is 7.26. The van der Waals surface area contributed by atoms with Crippen molar-refractivity contribution in [2.45, 2.75) is 52.1 Å². The zero-order valence-electron chi connectivity index (χ0n) is 12.8. The van der Waals surface area contributed by atoms with Crippen molar-refractivity contribution in [3.05, 3.63) is 0 Å². The Morgan fingerprint density at radius 1 is 1.15 bits per heavy atom. The van der Waals surface area contributed by atoms with E-state index in [9.17, 15) is 9.59 Å². The number of ether oxygens (including phenoxy) is 1. The minimum Gasteiger partial charge on any atom is -0.396 e. The van der Waals surface area contributed by atoms with Crippen molar-refractivity contribution >= 4 is 11.8 Å². The molecule has 0 fully saturated rings. The van der Waals surface area contributed by atoms with E-state index in [0.29, 0.717) is 26.1 Å². The lowest BCUT2D eigenvalue weighted by Gasteiger charge is -2.28. The van der Waals surface area contributed by atoms with Crippen LogP contribution in [0.4, 0.5) is 0 Å². The Morgan fingerprint density at radius 3 is 2.25 bits per heavy atom. The summed E-state index contributed by atoms with van der Waals surface area (Å²) in [5.41, 5.74) is -0.347. The lowest BCUT2D eigenvalue weighted by Crippen LogP contribution is -2.34. The van der Waals surface area contributed by atoms with Crippen molar-refractivity contribution in [2.24, 2.45) is 0 Å². The van der Waals surface area contributed by atoms with Crippen LogP contribution in [-0.2, 0) is 14.3 Å². The highest BCUT2D eigenvalue weighted by Gasteiger charge is 2.21. The highest BCUT2D eigenvalue weighted by atomic mass is 16.5. The van der Waals surface area contributed by atoms with E-state index >= 15 is 0 Å². The first kappa shape index (κ1) is 18.9. The van der Waals surface area contributed by atoms with Crippen LogP contribution in [0.2, 0.25) is 0 Å². The monoisotopic (exact) mass is 288 g/mol. The fourth-order valence-corrected chi connectivity index (χ4v) is 1.68. The largest absolute Gasteiger partial charge is 0.396 e. The predicted molar refractivity (Wildman–Crippen MR) is 77.3 cm³/mol. The molecule has 6 heteroatoms. The maximum absolute atomic E-state index is 11.5. The Labute approximate surface area is 121 Å². The van der Waals surface area contributed by atoms with Crippen LogP contribution >= 0.6 is 0 Å². The van der Waals surface area contributed by atoms with Crippen LogP contribution in [0.1, 0.15) is 46.5 Å². The molecule has 3 N–H and O–H groups in total. The van der Waals surface area contributed by atoms with Gasteiger partial charge in [0.15, 0.2) is 0 Å². The van der Waals surface area contributed by atoms with Crippen molar-refractivity contribution in [1.29, 1.82) is 0 Å². The summed E-state index contributed by atoms with van der Waals surface area (Å²) >= 11 is 0. The number of carbonyl (C=O) groups is 2. The van der Waals surface area contributed by atoms with Crippen LogP contribution < -0.4 is 10.6 Å². The molecule has 2 amide bonds. The molecular weight excluding hydrogens is 260 g/mol. The highest BCUT2D eigenvalue weighted by Crippen LogP contribution is 2.18. The summed E-state index contributed by atoms with van der Waals surface area (Å²) in [7, 11) is 0. The molecule has 0 aliphatic carbocycles. The first-order valence-electron chi connectivity index (χ1n) is 7.25. The number of aliphatic hydroxyl groups excluding tert-OH is 1. The van der Waals surface area contributed by atoms with Gasteiger partial charge >= 0.3 is 0 Å². The van der Waals surface area contributed by atoms with Crippen molar-refractivity contribution in [2.75, 3.05) is 26.3 Å². The molecule has 0 saturated heterocycles. The van der Waals surface area contributed by atoms with Gasteiger partial charge in [-0.25, -0.2) is 0 Å². The zero-order chi connectivity index (χ0) is 15.4. The number of hydrogen-bond acceptors (Lipinski definition) is 4. The lowest BCUT2D eigenvalue weighted by atomic mass is 9.99. The van der Waals surface area contributed by atoms with Crippen LogP contribution in [0.15, 0.2) is 0 Å². The maximum Gasteiger partial charge on any atom is 0.220 e. The normalized spacial score (nSPS) is 13.6. The molecule has 0 aromatic carbocycles. The molecule has 0 aromatic rings. The van der Waals surface area contributed by atoms with Crippen molar-refractivity contribution in [1.82, 2.24) is 10.6 Å². The van der Waals surface area contributed by atoms with E-state index in [0.717, 1.165) is 6.42 Å². The topological polar surface area (TPSA) is 87.7 Å². The number of aliphatic hydroxyl groups is 1. The number of carbonyl (C=O) groups excluding carboxylic acids is 2. The van der Waals surface area contributed by atoms with Gasteiger partial charge in [0, 0.05) is 32.5 Å². The molecule has 0 heterocycles. The van der Waals surface area contributed by atoms with E-state index in [1.54, 1.807) is 0 Å². The molecule has 0 aromatic heterocycles. The van der Waals surface area contributed by atoms with E-state index in [1.807, 2.05) is 20.8 Å². The Kier molecular flexibility index (Phi) is 10.0. The molecule has 1 unspecified atom stereocenters. The van der Waals surface area contributed by atoms with Gasteiger partial charge < -0.3 is 20.5 Å². The summed E-state index contributed by atoms with van der Waals surface area (Å²) < 4.78 is 5.68. The number of rotatable bonds is 11. The second-order valence-electron chi connectivity index (χ2n) is 4.93. The molecule has 0 rings (SSSR count). The third-order valence-corrected chi connectivity index (χ3v) is 3.22. The molecule has 6 nitrogen and oxygen atoms in total. The van der Waals surface area contributed by atoms with Crippen LogP contribution in [0.5, 0.6) is 0 Å². The van der Waals surface area contributed by atoms with Gasteiger partial charge in [0.1, 0.15) is 0 Å². The molecule has 0 radical (unpaired) electrons. The first-order chi connectivity index (χ1) is 9.47. The summed E-state index contributed by atoms with van der Waals surface area (Å²) in [6, 6.07) is 0. The maximum atomic E-state index is 11.5. The Balaban J connectivity index is 3.73. The molecular formula is C14H28N2O4. The lowest BCUT2D eigenvalue weighted by molar-refractivity contribution is -0.126. The third kappa shape index (κ3) is 8.87. The Morgan fingerprint density at radius 2 is 1.75 bits per heavy atom. The van der Waals surface area contributed by atoms with E-state index in [-0.39, 0.29) is 36.9 Å². The standard InChI is InChI=1S/C14H28N2O4/c1-4-14(3,8-10-17)20-11-9-16-13(19)7-6-12(18)15-5-2/h17H,4-11H2,1-3H3,(H,15,18)(H,16,19). The van der Waals surface area contributed by atoms with Gasteiger partial charge in [0.25, 0.3) is 0 Å². The number of nitrogens with one attached hydrogen (secondary N) is 2. The van der Waals surface area contributed by atoms with E-state index in [4.69, 9.17) is 9.84 Å². The van der Waals surface area contributed by atoms with E-state index in [1.165, 1.54) is 0 Å². The fraction of sp³-hybridized carbons (Fsp3) is 0.857. The molecule has 0 aliphatic rings. The Hall–Kier alpha value is -1.14. The van der Waals surface area contributed by atoms with Gasteiger partial charge in [0.05, 0.1) is 12.2 Å². The molecule has 20 heavy (non-hydrogen) atoms. The smallest absolute Gasteiger partial charge is 0.220 e. The second-order valence-corrected chi connectivity index (χ2v) is 4.93. The summed E-state index contributed by atoms with van der Waals surface area (Å²) in [4.78, 5) is 22.7. The minimum absolute atomic E-state index is 0.0865. The van der Waals surface area contributed by atoms with E-state index < -0.39 is 0 Å². The van der Waals surface area contributed by atoms with Crippen LogP contribution in [0.3, 0.4) is 0 Å². The van der Waals surface area contributed by atoms with Gasteiger partial charge in [-0.05, 0) is 26.7 Å². The van der Waals surface area contributed by atoms with Crippen LogP contribution in [-0.4, -0.2) is 48.8 Å². The SMILES string of the molecule is CCNC(=O)CCC(=O)NCCOC(C)(CC)CCO.